The monoisotopic (exact) mass is 247 g/mol. The number of hydrogen-bond acceptors (Lipinski definition) is 2. The number of benzene rings is 1. The molecule has 0 spiro atoms. The molecule has 0 radical (unpaired) electrons. The van der Waals surface area contributed by atoms with Gasteiger partial charge in [0.25, 0.3) is 0 Å². The van der Waals surface area contributed by atoms with Crippen molar-refractivity contribution in [2.45, 2.75) is 45.4 Å². The van der Waals surface area contributed by atoms with Gasteiger partial charge in [-0.05, 0) is 29.6 Å². The maximum Gasteiger partial charge on any atom is 0.173 e. The lowest BCUT2D eigenvalue weighted by Gasteiger charge is -2.25. The summed E-state index contributed by atoms with van der Waals surface area (Å²) in [4.78, 5) is 0. The molecule has 1 rings (SSSR count). The molecular formula is C14H21NOSi. The van der Waals surface area contributed by atoms with Crippen LogP contribution in [-0.4, -0.2) is 9.04 Å². The minimum atomic E-state index is -1.21. The van der Waals surface area contributed by atoms with Crippen molar-refractivity contribution >= 4 is 9.04 Å². The maximum absolute atomic E-state index is 9.27. The van der Waals surface area contributed by atoms with Gasteiger partial charge in [-0.15, -0.1) is 0 Å². The molecule has 0 saturated carbocycles. The molecule has 0 aliphatic carbocycles. The molecule has 0 aliphatic heterocycles. The Morgan fingerprint density at radius 3 is 2.29 bits per heavy atom. The van der Waals surface area contributed by atoms with E-state index < -0.39 is 15.1 Å². The quantitative estimate of drug-likeness (QED) is 0.765. The molecule has 0 aromatic heterocycles. The third-order valence-corrected chi connectivity index (χ3v) is 3.39. The molecule has 0 heterocycles. The lowest BCUT2D eigenvalue weighted by atomic mass is 9.82. The highest BCUT2D eigenvalue weighted by atomic mass is 28.3. The molecule has 17 heavy (non-hydrogen) atoms. The smallest absolute Gasteiger partial charge is 0.173 e. The van der Waals surface area contributed by atoms with E-state index in [4.69, 9.17) is 4.43 Å². The second kappa shape index (κ2) is 5.48. The van der Waals surface area contributed by atoms with Crippen LogP contribution in [0, 0.1) is 11.3 Å². The highest BCUT2D eigenvalue weighted by molar-refractivity contribution is 6.48. The van der Waals surface area contributed by atoms with Crippen LogP contribution in [0.2, 0.25) is 13.1 Å². The molecule has 0 fully saturated rings. The predicted molar refractivity (Wildman–Crippen MR) is 73.5 cm³/mol. The highest BCUT2D eigenvalue weighted by Crippen LogP contribution is 2.31. The largest absolute Gasteiger partial charge is 0.402 e. The van der Waals surface area contributed by atoms with Crippen molar-refractivity contribution in [3.05, 3.63) is 35.4 Å². The van der Waals surface area contributed by atoms with Gasteiger partial charge in [0.15, 0.2) is 15.1 Å². The zero-order valence-corrected chi connectivity index (χ0v) is 12.5. The van der Waals surface area contributed by atoms with Crippen molar-refractivity contribution < 1.29 is 4.43 Å². The van der Waals surface area contributed by atoms with E-state index in [-0.39, 0.29) is 5.41 Å². The molecule has 0 bridgehead atoms. The zero-order valence-electron chi connectivity index (χ0n) is 11.3. The molecule has 0 N–H and O–H groups in total. The van der Waals surface area contributed by atoms with Crippen LogP contribution < -0.4 is 0 Å². The van der Waals surface area contributed by atoms with Crippen LogP contribution in [0.4, 0.5) is 0 Å². The standard InChI is InChI=1S/C14H21NOSi/c1-14(2,3)12-9-7-6-8-11(12)13(10-15)16-17(4)5/h6-9,13,17H,1-5H3. The molecule has 3 heteroatoms. The fraction of sp³-hybridized carbons (Fsp3) is 0.500. The van der Waals surface area contributed by atoms with Crippen molar-refractivity contribution in [3.63, 3.8) is 0 Å². The second-order valence-corrected chi connectivity index (χ2v) is 7.90. The summed E-state index contributed by atoms with van der Waals surface area (Å²) in [7, 11) is -1.21. The molecule has 1 unspecified atom stereocenters. The van der Waals surface area contributed by atoms with Gasteiger partial charge in [-0.25, -0.2) is 0 Å². The fourth-order valence-electron chi connectivity index (χ4n) is 1.85. The first kappa shape index (κ1) is 13.9. The Balaban J connectivity index is 3.17. The molecule has 1 atom stereocenters. The van der Waals surface area contributed by atoms with Crippen LogP contribution in [0.15, 0.2) is 24.3 Å². The van der Waals surface area contributed by atoms with Crippen molar-refractivity contribution in [2.75, 3.05) is 0 Å². The summed E-state index contributed by atoms with van der Waals surface area (Å²) in [5, 5.41) is 9.27. The third kappa shape index (κ3) is 3.69. The number of nitriles is 1. The SMILES string of the molecule is C[SiH](C)OC(C#N)c1ccccc1C(C)(C)C. The van der Waals surface area contributed by atoms with Gasteiger partial charge in [0.05, 0.1) is 6.07 Å². The average Bonchev–Trinajstić information content (AvgIpc) is 2.24. The minimum Gasteiger partial charge on any atom is -0.402 e. The lowest BCUT2D eigenvalue weighted by Crippen LogP contribution is -2.19. The third-order valence-electron chi connectivity index (χ3n) is 2.58. The number of nitrogens with zero attached hydrogens (tertiary/aromatic N) is 1. The Morgan fingerprint density at radius 1 is 1.24 bits per heavy atom. The highest BCUT2D eigenvalue weighted by Gasteiger charge is 2.23. The fourth-order valence-corrected chi connectivity index (χ4v) is 2.61. The summed E-state index contributed by atoms with van der Waals surface area (Å²) in [5.41, 5.74) is 2.25. The van der Waals surface area contributed by atoms with Gasteiger partial charge in [0.2, 0.25) is 0 Å². The summed E-state index contributed by atoms with van der Waals surface area (Å²) in [5.74, 6) is 0. The summed E-state index contributed by atoms with van der Waals surface area (Å²) in [6.45, 7) is 10.7. The summed E-state index contributed by atoms with van der Waals surface area (Å²) < 4.78 is 5.80. The Morgan fingerprint density at radius 2 is 1.82 bits per heavy atom. The van der Waals surface area contributed by atoms with E-state index in [1.807, 2.05) is 18.2 Å². The van der Waals surface area contributed by atoms with Crippen LogP contribution in [0.3, 0.4) is 0 Å². The normalized spacial score (nSPS) is 13.5. The van der Waals surface area contributed by atoms with Gasteiger partial charge in [-0.1, -0.05) is 45.0 Å². The van der Waals surface area contributed by atoms with Gasteiger partial charge in [0.1, 0.15) is 0 Å². The van der Waals surface area contributed by atoms with Crippen molar-refractivity contribution in [1.82, 2.24) is 0 Å². The lowest BCUT2D eigenvalue weighted by molar-refractivity contribution is 0.265. The van der Waals surface area contributed by atoms with Gasteiger partial charge in [0, 0.05) is 0 Å². The van der Waals surface area contributed by atoms with Gasteiger partial charge >= 0.3 is 0 Å². The summed E-state index contributed by atoms with van der Waals surface area (Å²) in [6.07, 6.45) is -0.419. The average molecular weight is 247 g/mol. The first-order chi connectivity index (χ1) is 7.86. The van der Waals surface area contributed by atoms with Gasteiger partial charge in [-0.3, -0.25) is 0 Å². The van der Waals surface area contributed by atoms with E-state index in [1.165, 1.54) is 5.56 Å². The van der Waals surface area contributed by atoms with Gasteiger partial charge in [-0.2, -0.15) is 5.26 Å². The van der Waals surface area contributed by atoms with E-state index in [0.29, 0.717) is 0 Å². The van der Waals surface area contributed by atoms with Crippen LogP contribution in [-0.2, 0) is 9.84 Å². The van der Waals surface area contributed by atoms with E-state index in [2.05, 4.69) is 46.0 Å². The van der Waals surface area contributed by atoms with Crippen molar-refractivity contribution in [2.24, 2.45) is 0 Å². The van der Waals surface area contributed by atoms with E-state index in [9.17, 15) is 5.26 Å². The van der Waals surface area contributed by atoms with E-state index in [1.54, 1.807) is 0 Å². The van der Waals surface area contributed by atoms with Crippen LogP contribution in [0.25, 0.3) is 0 Å². The van der Waals surface area contributed by atoms with Crippen molar-refractivity contribution in [3.8, 4) is 6.07 Å². The van der Waals surface area contributed by atoms with Crippen LogP contribution in [0.1, 0.15) is 38.0 Å². The van der Waals surface area contributed by atoms with Gasteiger partial charge < -0.3 is 4.43 Å². The Labute approximate surface area is 106 Å². The molecule has 92 valence electrons. The first-order valence-electron chi connectivity index (χ1n) is 6.00. The minimum absolute atomic E-state index is 0.0353. The zero-order chi connectivity index (χ0) is 13.1. The van der Waals surface area contributed by atoms with E-state index >= 15 is 0 Å². The van der Waals surface area contributed by atoms with Crippen LogP contribution >= 0.6 is 0 Å². The number of rotatable bonds is 3. The van der Waals surface area contributed by atoms with E-state index in [0.717, 1.165) is 5.56 Å². The maximum atomic E-state index is 9.27. The van der Waals surface area contributed by atoms with Crippen LogP contribution in [0.5, 0.6) is 0 Å². The Bertz CT molecular complexity index is 415. The van der Waals surface area contributed by atoms with Crippen molar-refractivity contribution in [1.29, 1.82) is 5.26 Å². The predicted octanol–water partition coefficient (Wildman–Crippen LogP) is 3.55. The molecule has 2 nitrogen and oxygen atoms in total. The summed E-state index contributed by atoms with van der Waals surface area (Å²) in [6, 6.07) is 10.4. The Kier molecular flexibility index (Phi) is 4.50. The topological polar surface area (TPSA) is 33.0 Å². The molecule has 0 aliphatic rings. The second-order valence-electron chi connectivity index (χ2n) is 5.53. The molecular weight excluding hydrogens is 226 g/mol. The first-order valence-corrected chi connectivity index (χ1v) is 8.79. The molecule has 1 aromatic carbocycles. The summed E-state index contributed by atoms with van der Waals surface area (Å²) >= 11 is 0. The Hall–Kier alpha value is -1.11. The molecule has 1 aromatic rings. The molecule has 0 saturated heterocycles. The number of hydrogen-bond donors (Lipinski definition) is 0. The molecule has 0 amide bonds.